The molecular weight excluding hydrogens is 420 g/mol. The van der Waals surface area contributed by atoms with E-state index in [1.54, 1.807) is 18.7 Å². The first kappa shape index (κ1) is 22.6. The van der Waals surface area contributed by atoms with Gasteiger partial charge in [0.1, 0.15) is 23.0 Å². The number of nitrogens with zero attached hydrogens (tertiary/aromatic N) is 1. The van der Waals surface area contributed by atoms with Gasteiger partial charge in [0.25, 0.3) is 5.91 Å². The number of thioether (sulfide) groups is 1. The summed E-state index contributed by atoms with van der Waals surface area (Å²) in [5.74, 6) is 1.73. The number of ether oxygens (including phenoxy) is 1. The average Bonchev–Trinajstić information content (AvgIpc) is 2.80. The van der Waals surface area contributed by atoms with E-state index in [1.807, 2.05) is 48.6 Å². The molecule has 0 radical (unpaired) electrons. The van der Waals surface area contributed by atoms with Gasteiger partial charge in [-0.05, 0) is 42.0 Å². The second-order valence-corrected chi connectivity index (χ2v) is 10.1. The topological polar surface area (TPSA) is 58.4 Å². The highest BCUT2D eigenvalue weighted by Gasteiger charge is 2.38. The summed E-state index contributed by atoms with van der Waals surface area (Å²) in [5, 5.41) is 3.24. The highest BCUT2D eigenvalue weighted by Crippen LogP contribution is 2.34. The molecule has 4 atom stereocenters. The summed E-state index contributed by atoms with van der Waals surface area (Å²) in [6, 6.07) is 7.86. The van der Waals surface area contributed by atoms with Gasteiger partial charge in [0, 0.05) is 17.7 Å². The smallest absolute Gasteiger partial charge is 0.425 e. The molecule has 1 heterocycles. The van der Waals surface area contributed by atoms with Crippen LogP contribution >= 0.6 is 11.8 Å². The molecular formula is C26H31N2O3S+. The first-order valence-electron chi connectivity index (χ1n) is 11.3. The van der Waals surface area contributed by atoms with Gasteiger partial charge in [-0.2, -0.15) is 4.58 Å². The van der Waals surface area contributed by atoms with E-state index in [9.17, 15) is 9.59 Å². The molecule has 2 aliphatic carbocycles. The van der Waals surface area contributed by atoms with E-state index in [2.05, 4.69) is 19.2 Å². The maximum atomic E-state index is 13.0. The van der Waals surface area contributed by atoms with Crippen LogP contribution in [0.15, 0.2) is 53.0 Å². The number of hydrogen-bond donors (Lipinski definition) is 1. The molecule has 1 N–H and O–H groups in total. The Morgan fingerprint density at radius 1 is 1.28 bits per heavy atom. The predicted molar refractivity (Wildman–Crippen MR) is 130 cm³/mol. The highest BCUT2D eigenvalue weighted by molar-refractivity contribution is 8.05. The quantitative estimate of drug-likeness (QED) is 0.551. The van der Waals surface area contributed by atoms with E-state index >= 15 is 0 Å². The van der Waals surface area contributed by atoms with Gasteiger partial charge in [-0.15, -0.1) is 0 Å². The van der Waals surface area contributed by atoms with E-state index in [1.165, 1.54) is 18.2 Å². The van der Waals surface area contributed by atoms with Crippen LogP contribution in [0.4, 0.5) is 0 Å². The van der Waals surface area contributed by atoms with Gasteiger partial charge in [0.2, 0.25) is 5.71 Å². The first-order chi connectivity index (χ1) is 15.4. The fraction of sp³-hybridized carbons (Fsp3) is 0.423. The second-order valence-electron chi connectivity index (χ2n) is 8.92. The Labute approximate surface area is 194 Å². The normalized spacial score (nSPS) is 28.9. The maximum Gasteiger partial charge on any atom is 0.425 e. The summed E-state index contributed by atoms with van der Waals surface area (Å²) < 4.78 is 6.95. The van der Waals surface area contributed by atoms with Crippen LogP contribution in [0.1, 0.15) is 38.7 Å². The number of carbonyl (C=O) groups excluding carboxylic acids is 2. The average molecular weight is 452 g/mol. The minimum atomic E-state index is -0.0647. The zero-order valence-corrected chi connectivity index (χ0v) is 19.9. The van der Waals surface area contributed by atoms with E-state index in [0.29, 0.717) is 22.3 Å². The van der Waals surface area contributed by atoms with Crippen LogP contribution < -0.4 is 10.1 Å². The predicted octanol–water partition coefficient (Wildman–Crippen LogP) is 4.20. The van der Waals surface area contributed by atoms with Crippen LogP contribution in [0.2, 0.25) is 0 Å². The zero-order chi connectivity index (χ0) is 22.8. The summed E-state index contributed by atoms with van der Waals surface area (Å²) in [7, 11) is 3.41. The number of rotatable bonds is 4. The Morgan fingerprint density at radius 3 is 2.88 bits per heavy atom. The Balaban J connectivity index is 1.54. The lowest BCUT2D eigenvalue weighted by Crippen LogP contribution is -2.44. The van der Waals surface area contributed by atoms with Gasteiger partial charge >= 0.3 is 5.91 Å². The molecule has 1 aromatic rings. The third-order valence-corrected chi connectivity index (χ3v) is 8.08. The lowest BCUT2D eigenvalue weighted by Gasteiger charge is -2.34. The largest absolute Gasteiger partial charge is 0.497 e. The third kappa shape index (κ3) is 4.60. The van der Waals surface area contributed by atoms with E-state index < -0.39 is 0 Å². The molecule has 4 unspecified atom stereocenters. The van der Waals surface area contributed by atoms with Crippen molar-refractivity contribution in [3.05, 3.63) is 58.5 Å². The fourth-order valence-electron chi connectivity index (χ4n) is 4.59. The Bertz CT molecular complexity index is 1050. The number of allylic oxidation sites excluding steroid dienone is 1. The number of amides is 2. The van der Waals surface area contributed by atoms with E-state index in [0.717, 1.165) is 29.9 Å². The van der Waals surface area contributed by atoms with Crippen LogP contribution in [0, 0.1) is 11.8 Å². The third-order valence-electron chi connectivity index (χ3n) is 6.88. The van der Waals surface area contributed by atoms with Crippen molar-refractivity contribution in [2.45, 2.75) is 44.4 Å². The molecule has 1 aromatic carbocycles. The van der Waals surface area contributed by atoms with Gasteiger partial charge in [-0.3, -0.25) is 4.79 Å². The molecule has 0 aromatic heterocycles. The van der Waals surface area contributed by atoms with Crippen LogP contribution in [0.25, 0.3) is 6.08 Å². The molecule has 4 rings (SSSR count). The molecule has 0 saturated heterocycles. The van der Waals surface area contributed by atoms with Crippen molar-refractivity contribution < 1.29 is 18.9 Å². The molecule has 168 valence electrons. The molecule has 2 amide bonds. The molecule has 5 nitrogen and oxygen atoms in total. The summed E-state index contributed by atoms with van der Waals surface area (Å²) in [5.41, 5.74) is 2.38. The Kier molecular flexibility index (Phi) is 6.70. The van der Waals surface area contributed by atoms with Crippen LogP contribution in [-0.4, -0.2) is 47.6 Å². The SMILES string of the molecule is COc1cccc(/C=C2\SC3C=CC(C(=O)NC4CCCC(C)C4C)=CC3=[N+](C)C2=O)c1. The molecule has 1 saturated carbocycles. The monoisotopic (exact) mass is 451 g/mol. The number of hydrogen-bond acceptors (Lipinski definition) is 4. The molecule has 1 fully saturated rings. The lowest BCUT2D eigenvalue weighted by atomic mass is 9.78. The summed E-state index contributed by atoms with van der Waals surface area (Å²) in [6.07, 6.45) is 11.1. The zero-order valence-electron chi connectivity index (χ0n) is 19.1. The first-order valence-corrected chi connectivity index (χ1v) is 12.1. The van der Waals surface area contributed by atoms with E-state index in [4.69, 9.17) is 4.74 Å². The van der Waals surface area contributed by atoms with Crippen molar-refractivity contribution in [1.82, 2.24) is 5.32 Å². The van der Waals surface area contributed by atoms with Crippen molar-refractivity contribution in [1.29, 1.82) is 0 Å². The van der Waals surface area contributed by atoms with Crippen molar-refractivity contribution in [2.75, 3.05) is 14.2 Å². The molecule has 0 spiro atoms. The van der Waals surface area contributed by atoms with Gasteiger partial charge in [-0.25, -0.2) is 4.79 Å². The number of fused-ring (bicyclic) bond motifs is 1. The van der Waals surface area contributed by atoms with E-state index in [-0.39, 0.29) is 23.1 Å². The van der Waals surface area contributed by atoms with Gasteiger partial charge < -0.3 is 10.1 Å². The lowest BCUT2D eigenvalue weighted by molar-refractivity contribution is -0.413. The second kappa shape index (κ2) is 9.49. The Hall–Kier alpha value is -2.60. The number of benzene rings is 1. The number of methoxy groups -OCH3 is 1. The summed E-state index contributed by atoms with van der Waals surface area (Å²) >= 11 is 1.51. The standard InChI is InChI=1S/C26H30N2O3S/c1-16-7-5-10-21(17(16)2)27-25(29)19-11-12-23-22(15-19)28(3)26(30)24(32-23)14-18-8-6-9-20(13-18)31-4/h6,8-9,11-17,21,23H,5,7,10H2,1-4H3/p+1/b24-14-. The summed E-state index contributed by atoms with van der Waals surface area (Å²) in [6.45, 7) is 4.49. The van der Waals surface area contributed by atoms with Crippen molar-refractivity contribution in [2.24, 2.45) is 11.8 Å². The highest BCUT2D eigenvalue weighted by atomic mass is 32.2. The Morgan fingerprint density at radius 2 is 2.09 bits per heavy atom. The van der Waals surface area contributed by atoms with Crippen molar-refractivity contribution >= 4 is 35.4 Å². The molecule has 32 heavy (non-hydrogen) atoms. The van der Waals surface area contributed by atoms with Gasteiger partial charge in [0.15, 0.2) is 0 Å². The van der Waals surface area contributed by atoms with Crippen LogP contribution in [-0.2, 0) is 9.59 Å². The number of likely N-dealkylation sites (N-methyl/N-ethyl adjacent to an activating group) is 1. The van der Waals surface area contributed by atoms with Crippen LogP contribution in [0.5, 0.6) is 5.75 Å². The number of carbonyl (C=O) groups is 2. The molecule has 6 heteroatoms. The maximum absolute atomic E-state index is 13.0. The van der Waals surface area contributed by atoms with Crippen LogP contribution in [0.3, 0.4) is 0 Å². The minimum Gasteiger partial charge on any atom is -0.497 e. The molecule has 3 aliphatic rings. The fourth-order valence-corrected chi connectivity index (χ4v) is 5.81. The minimum absolute atomic E-state index is 0.000246. The van der Waals surface area contributed by atoms with Gasteiger partial charge in [0.05, 0.1) is 7.11 Å². The molecule has 1 aliphatic heterocycles. The summed E-state index contributed by atoms with van der Waals surface area (Å²) in [4.78, 5) is 26.7. The van der Waals surface area contributed by atoms with Gasteiger partial charge in [-0.1, -0.05) is 62.7 Å². The van der Waals surface area contributed by atoms with Crippen molar-refractivity contribution in [3.63, 3.8) is 0 Å². The van der Waals surface area contributed by atoms with Crippen molar-refractivity contribution in [3.8, 4) is 5.75 Å². The number of nitrogens with one attached hydrogen (secondary N) is 1. The molecule has 0 bridgehead atoms.